The summed E-state index contributed by atoms with van der Waals surface area (Å²) < 4.78 is 1.83. The molecule has 2 aromatic heterocycles. The number of carbonyl (C=O) groups excluding carboxylic acids is 1. The van der Waals surface area contributed by atoms with E-state index in [0.717, 1.165) is 35.6 Å². The van der Waals surface area contributed by atoms with Gasteiger partial charge in [0.15, 0.2) is 0 Å². The molecule has 1 unspecified atom stereocenters. The van der Waals surface area contributed by atoms with Crippen molar-refractivity contribution in [3.63, 3.8) is 0 Å². The maximum Gasteiger partial charge on any atom is 0.271 e. The van der Waals surface area contributed by atoms with Gasteiger partial charge in [-0.1, -0.05) is 6.92 Å². The third kappa shape index (κ3) is 2.65. The second kappa shape index (κ2) is 5.49. The van der Waals surface area contributed by atoms with E-state index < -0.39 is 0 Å². The highest BCUT2D eigenvalue weighted by Crippen LogP contribution is 2.30. The van der Waals surface area contributed by atoms with E-state index in [9.17, 15) is 4.79 Å². The summed E-state index contributed by atoms with van der Waals surface area (Å²) in [4.78, 5) is 14.5. The van der Waals surface area contributed by atoms with Crippen molar-refractivity contribution in [2.45, 2.75) is 27.2 Å². The monoisotopic (exact) mass is 316 g/mol. The van der Waals surface area contributed by atoms with Crippen molar-refractivity contribution in [2.24, 2.45) is 18.2 Å². The summed E-state index contributed by atoms with van der Waals surface area (Å²) in [5, 5.41) is 11.6. The fourth-order valence-corrected chi connectivity index (χ4v) is 3.24. The average molecular weight is 316 g/mol. The minimum Gasteiger partial charge on any atom is -0.337 e. The van der Waals surface area contributed by atoms with E-state index in [4.69, 9.17) is 5.73 Å². The molecule has 23 heavy (non-hydrogen) atoms. The van der Waals surface area contributed by atoms with Gasteiger partial charge in [-0.3, -0.25) is 14.6 Å². The van der Waals surface area contributed by atoms with E-state index in [1.54, 1.807) is 0 Å². The first-order valence-electron chi connectivity index (χ1n) is 7.90. The van der Waals surface area contributed by atoms with Gasteiger partial charge in [0, 0.05) is 31.4 Å². The van der Waals surface area contributed by atoms with Crippen LogP contribution in [0.3, 0.4) is 0 Å². The minimum atomic E-state index is -0.0138. The second-order valence-corrected chi connectivity index (χ2v) is 6.83. The van der Waals surface area contributed by atoms with Crippen molar-refractivity contribution in [2.75, 3.05) is 19.6 Å². The van der Waals surface area contributed by atoms with Crippen molar-refractivity contribution >= 4 is 5.91 Å². The zero-order valence-corrected chi connectivity index (χ0v) is 14.2. The first kappa shape index (κ1) is 15.7. The fourth-order valence-electron chi connectivity index (χ4n) is 3.24. The van der Waals surface area contributed by atoms with Crippen molar-refractivity contribution < 1.29 is 4.79 Å². The maximum atomic E-state index is 12.7. The lowest BCUT2D eigenvalue weighted by atomic mass is 9.90. The summed E-state index contributed by atoms with van der Waals surface area (Å²) in [6, 6.07) is 1.82. The van der Waals surface area contributed by atoms with Crippen LogP contribution in [-0.2, 0) is 7.05 Å². The number of likely N-dealkylation sites (tertiary alicyclic amines) is 1. The summed E-state index contributed by atoms with van der Waals surface area (Å²) in [5.74, 6) is -0.0138. The molecule has 3 N–H and O–H groups in total. The van der Waals surface area contributed by atoms with Crippen LogP contribution in [0, 0.1) is 19.3 Å². The number of nitrogens with two attached hydrogens (primary N) is 1. The molecular weight excluding hydrogens is 292 g/mol. The van der Waals surface area contributed by atoms with E-state index in [1.165, 1.54) is 0 Å². The van der Waals surface area contributed by atoms with Crippen LogP contribution in [0.15, 0.2) is 6.07 Å². The maximum absolute atomic E-state index is 12.7. The van der Waals surface area contributed by atoms with Gasteiger partial charge in [-0.05, 0) is 38.3 Å². The zero-order chi connectivity index (χ0) is 16.8. The van der Waals surface area contributed by atoms with Crippen LogP contribution in [-0.4, -0.2) is 50.4 Å². The predicted molar refractivity (Wildman–Crippen MR) is 87.9 cm³/mol. The summed E-state index contributed by atoms with van der Waals surface area (Å²) in [7, 11) is 1.91. The number of nitrogens with one attached hydrogen (secondary N) is 1. The highest BCUT2D eigenvalue weighted by molar-refractivity contribution is 5.93. The highest BCUT2D eigenvalue weighted by Gasteiger charge is 2.35. The molecule has 0 radical (unpaired) electrons. The van der Waals surface area contributed by atoms with Crippen molar-refractivity contribution in [3.05, 3.63) is 23.1 Å². The number of aryl methyl sites for hydroxylation is 2. The Hall–Kier alpha value is -2.15. The molecule has 1 fully saturated rings. The van der Waals surface area contributed by atoms with Gasteiger partial charge in [0.2, 0.25) is 0 Å². The predicted octanol–water partition coefficient (Wildman–Crippen LogP) is 1.24. The molecule has 0 bridgehead atoms. The number of hydrogen-bond donors (Lipinski definition) is 2. The number of H-pyrrole nitrogens is 1. The lowest BCUT2D eigenvalue weighted by molar-refractivity contribution is 0.0771. The summed E-state index contributed by atoms with van der Waals surface area (Å²) in [5.41, 5.74) is 10.0. The molecule has 3 heterocycles. The molecular formula is C16H24N6O. The van der Waals surface area contributed by atoms with Crippen molar-refractivity contribution in [1.82, 2.24) is 24.9 Å². The molecule has 0 spiro atoms. The third-order valence-corrected chi connectivity index (χ3v) is 4.91. The second-order valence-electron chi connectivity index (χ2n) is 6.83. The molecule has 0 aromatic carbocycles. The first-order chi connectivity index (χ1) is 10.8. The van der Waals surface area contributed by atoms with Crippen LogP contribution in [0.1, 0.15) is 35.2 Å². The molecule has 0 saturated carbocycles. The van der Waals surface area contributed by atoms with Gasteiger partial charge in [-0.2, -0.15) is 10.2 Å². The Morgan fingerprint density at radius 1 is 1.48 bits per heavy atom. The lowest BCUT2D eigenvalue weighted by Crippen LogP contribution is -2.34. The summed E-state index contributed by atoms with van der Waals surface area (Å²) in [6.45, 7) is 8.11. The molecule has 1 atom stereocenters. The summed E-state index contributed by atoms with van der Waals surface area (Å²) >= 11 is 0. The van der Waals surface area contributed by atoms with Gasteiger partial charge in [0.05, 0.1) is 11.4 Å². The number of aromatic amines is 1. The third-order valence-electron chi connectivity index (χ3n) is 4.91. The van der Waals surface area contributed by atoms with E-state index in [-0.39, 0.29) is 11.3 Å². The Balaban J connectivity index is 1.84. The van der Waals surface area contributed by atoms with Crippen LogP contribution < -0.4 is 5.73 Å². The number of aromatic nitrogens is 4. The molecule has 1 aliphatic heterocycles. The number of rotatable bonds is 3. The molecule has 1 saturated heterocycles. The van der Waals surface area contributed by atoms with Gasteiger partial charge >= 0.3 is 0 Å². The Morgan fingerprint density at radius 2 is 2.22 bits per heavy atom. The van der Waals surface area contributed by atoms with Crippen LogP contribution in [0.2, 0.25) is 0 Å². The van der Waals surface area contributed by atoms with Crippen LogP contribution in [0.5, 0.6) is 0 Å². The topological polar surface area (TPSA) is 92.8 Å². The number of hydrogen-bond acceptors (Lipinski definition) is 4. The Morgan fingerprint density at radius 3 is 2.78 bits per heavy atom. The number of nitrogens with zero attached hydrogens (tertiary/aromatic N) is 4. The fraction of sp³-hybridized carbons (Fsp3) is 0.562. The SMILES string of the molecule is Cc1nn(C)c(C)c1-c1cc(C(=O)N2CCC(C)(CN)C2)[nH]n1. The van der Waals surface area contributed by atoms with Gasteiger partial charge in [-0.25, -0.2) is 0 Å². The number of amides is 1. The van der Waals surface area contributed by atoms with E-state index >= 15 is 0 Å². The smallest absolute Gasteiger partial charge is 0.271 e. The van der Waals surface area contributed by atoms with Gasteiger partial charge in [0.25, 0.3) is 5.91 Å². The Labute approximate surface area is 135 Å². The zero-order valence-electron chi connectivity index (χ0n) is 14.2. The van der Waals surface area contributed by atoms with Crippen molar-refractivity contribution in [1.29, 1.82) is 0 Å². The van der Waals surface area contributed by atoms with Crippen LogP contribution >= 0.6 is 0 Å². The normalized spacial score (nSPS) is 21.2. The minimum absolute atomic E-state index is 0.0138. The van der Waals surface area contributed by atoms with Crippen molar-refractivity contribution in [3.8, 4) is 11.3 Å². The van der Waals surface area contributed by atoms with E-state index in [1.807, 2.05) is 36.5 Å². The summed E-state index contributed by atoms with van der Waals surface area (Å²) in [6.07, 6.45) is 0.942. The Bertz CT molecular complexity index is 746. The Kier molecular flexibility index (Phi) is 3.75. The molecule has 0 aliphatic carbocycles. The molecule has 124 valence electrons. The van der Waals surface area contributed by atoms with Crippen LogP contribution in [0.25, 0.3) is 11.3 Å². The average Bonchev–Trinajstić information content (AvgIpc) is 3.19. The molecule has 7 heteroatoms. The van der Waals surface area contributed by atoms with E-state index in [2.05, 4.69) is 22.2 Å². The molecule has 3 rings (SSSR count). The van der Waals surface area contributed by atoms with Gasteiger partial charge < -0.3 is 10.6 Å². The van der Waals surface area contributed by atoms with Crippen LogP contribution in [0.4, 0.5) is 0 Å². The quantitative estimate of drug-likeness (QED) is 0.891. The molecule has 1 amide bonds. The first-order valence-corrected chi connectivity index (χ1v) is 7.90. The standard InChI is InChI=1S/C16H24N6O/c1-10-14(11(2)21(4)20-10)12-7-13(19-18-12)15(23)22-6-5-16(3,8-17)9-22/h7H,5-6,8-9,17H2,1-4H3,(H,18,19). The van der Waals surface area contributed by atoms with Gasteiger partial charge in [0.1, 0.15) is 5.69 Å². The highest BCUT2D eigenvalue weighted by atomic mass is 16.2. The molecule has 2 aromatic rings. The molecule has 1 aliphatic rings. The number of carbonyl (C=O) groups is 1. The largest absolute Gasteiger partial charge is 0.337 e. The molecule has 7 nitrogen and oxygen atoms in total. The van der Waals surface area contributed by atoms with Gasteiger partial charge in [-0.15, -0.1) is 0 Å². The van der Waals surface area contributed by atoms with E-state index in [0.29, 0.717) is 18.8 Å². The lowest BCUT2D eigenvalue weighted by Gasteiger charge is -2.22.